The van der Waals surface area contributed by atoms with Crippen LogP contribution in [0.5, 0.6) is 0 Å². The Balaban J connectivity index is 2.73. The van der Waals surface area contributed by atoms with E-state index in [1.54, 1.807) is 0 Å². The van der Waals surface area contributed by atoms with Gasteiger partial charge in [-0.05, 0) is 42.1 Å². The molecule has 0 aliphatic rings. The molecule has 0 aromatic heterocycles. The molecule has 118 valence electrons. The third-order valence-electron chi connectivity index (χ3n) is 4.28. The summed E-state index contributed by atoms with van der Waals surface area (Å²) >= 11 is 0. The zero-order valence-electron chi connectivity index (χ0n) is 13.6. The van der Waals surface area contributed by atoms with Crippen LogP contribution in [0, 0.1) is 0 Å². The molecule has 1 rings (SSSR count). The molecule has 4 nitrogen and oxygen atoms in total. The van der Waals surface area contributed by atoms with Crippen LogP contribution in [0.3, 0.4) is 0 Å². The van der Waals surface area contributed by atoms with Crippen LogP contribution in [0.25, 0.3) is 0 Å². The second-order valence-electron chi connectivity index (χ2n) is 6.77. The molecule has 0 fully saturated rings. The normalized spacial score (nSPS) is 13.9. The van der Waals surface area contributed by atoms with Crippen molar-refractivity contribution in [3.8, 4) is 0 Å². The molecule has 1 aromatic rings. The zero-order valence-corrected chi connectivity index (χ0v) is 14.6. The van der Waals surface area contributed by atoms with Crippen LogP contribution in [0.2, 0.25) is 18.1 Å². The first-order valence-electron chi connectivity index (χ1n) is 7.20. The van der Waals surface area contributed by atoms with Gasteiger partial charge in [-0.15, -0.1) is 0 Å². The van der Waals surface area contributed by atoms with E-state index < -0.39 is 20.3 Å². The molecule has 0 spiro atoms. The van der Waals surface area contributed by atoms with Crippen LogP contribution >= 0.6 is 0 Å². The summed E-state index contributed by atoms with van der Waals surface area (Å²) in [6, 6.07) is 7.43. The summed E-state index contributed by atoms with van der Waals surface area (Å²) in [7, 11) is -0.867. The van der Waals surface area contributed by atoms with E-state index in [-0.39, 0.29) is 5.04 Å². The van der Waals surface area contributed by atoms with Crippen LogP contribution in [0.4, 0.5) is 0 Å². The van der Waals surface area contributed by atoms with Crippen LogP contribution in [-0.2, 0) is 22.4 Å². The lowest BCUT2D eigenvalue weighted by atomic mass is 9.99. The van der Waals surface area contributed by atoms with Crippen LogP contribution in [0.1, 0.15) is 25.0 Å². The molecule has 0 amide bonds. The Morgan fingerprint density at radius 2 is 1.76 bits per heavy atom. The van der Waals surface area contributed by atoms with E-state index >= 15 is 0 Å². The van der Waals surface area contributed by atoms with Gasteiger partial charge in [-0.25, -0.2) is 0 Å². The van der Waals surface area contributed by atoms with Gasteiger partial charge in [0.2, 0.25) is 0 Å². The van der Waals surface area contributed by atoms with Gasteiger partial charge in [0.25, 0.3) is 0 Å². The highest BCUT2D eigenvalue weighted by molar-refractivity contribution is 6.72. The maximum Gasteiger partial charge on any atom is 0.322 e. The minimum absolute atomic E-state index is 0.0864. The Kier molecular flexibility index (Phi) is 5.73. The van der Waals surface area contributed by atoms with Gasteiger partial charge in [0.15, 0.2) is 8.32 Å². The summed E-state index contributed by atoms with van der Waals surface area (Å²) in [5, 5.41) is -0.0864. The van der Waals surface area contributed by atoms with Crippen LogP contribution < -0.4 is 5.73 Å². The van der Waals surface area contributed by atoms with Gasteiger partial charge in [0.1, 0.15) is 6.04 Å². The van der Waals surface area contributed by atoms with E-state index in [9.17, 15) is 9.59 Å². The predicted octanol–water partition coefficient (Wildman–Crippen LogP) is 2.25. The van der Waals surface area contributed by atoms with E-state index in [0.717, 1.165) is 12.0 Å². The molecule has 1 unspecified atom stereocenters. The third-order valence-corrected chi connectivity index (χ3v) is 7.77. The van der Waals surface area contributed by atoms with Crippen molar-refractivity contribution in [1.29, 1.82) is 0 Å². The Hall–Kier alpha value is -1.17. The number of nitrogens with two attached hydrogens (primary N) is 1. The molecule has 5 heteroatoms. The Labute approximate surface area is 128 Å². The van der Waals surface area contributed by atoms with Crippen LogP contribution in [0.15, 0.2) is 24.3 Å². The first-order chi connectivity index (χ1) is 9.56. The quantitative estimate of drug-likeness (QED) is 0.624. The number of methoxy groups -OCH3 is 1. The molecule has 0 radical (unpaired) electrons. The summed E-state index contributed by atoms with van der Waals surface area (Å²) in [4.78, 5) is 21.7. The van der Waals surface area contributed by atoms with E-state index in [1.807, 2.05) is 37.4 Å². The first-order valence-corrected chi connectivity index (χ1v) is 10.1. The summed E-state index contributed by atoms with van der Waals surface area (Å²) in [5.41, 5.74) is 7.95. The van der Waals surface area contributed by atoms with E-state index in [2.05, 4.69) is 18.6 Å². The van der Waals surface area contributed by atoms with Crippen molar-refractivity contribution in [2.45, 2.75) is 50.9 Å². The standard InChI is InChI=1S/C16H27NO3Si/c1-16(2,21(4,5)19)11-13-8-6-12(7-9-13)10-14(17)15(18)20-3/h6-9,14,19H,10-11,17H2,1-5H3. The fourth-order valence-electron chi connectivity index (χ4n) is 2.01. The third kappa shape index (κ3) is 4.95. The van der Waals surface area contributed by atoms with Gasteiger partial charge >= 0.3 is 5.97 Å². The van der Waals surface area contributed by atoms with Crippen molar-refractivity contribution >= 4 is 14.3 Å². The molecule has 0 aliphatic carbocycles. The number of hydrogen-bond donors (Lipinski definition) is 2. The number of carbonyl (C=O) groups excluding carboxylic acids is 1. The maximum absolute atomic E-state index is 11.3. The summed E-state index contributed by atoms with van der Waals surface area (Å²) in [6.45, 7) is 8.16. The predicted molar refractivity (Wildman–Crippen MR) is 87.6 cm³/mol. The Morgan fingerprint density at radius 1 is 1.29 bits per heavy atom. The number of benzene rings is 1. The number of rotatable bonds is 6. The van der Waals surface area contributed by atoms with Gasteiger partial charge in [0.05, 0.1) is 7.11 Å². The van der Waals surface area contributed by atoms with Gasteiger partial charge in [-0.2, -0.15) is 0 Å². The summed E-state index contributed by atoms with van der Waals surface area (Å²) < 4.78 is 4.62. The van der Waals surface area contributed by atoms with E-state index in [4.69, 9.17) is 5.73 Å². The Morgan fingerprint density at radius 3 is 2.19 bits per heavy atom. The minimum Gasteiger partial charge on any atom is -0.468 e. The molecular formula is C16H27NO3Si. The number of esters is 1. The Bertz CT molecular complexity index is 477. The lowest BCUT2D eigenvalue weighted by Crippen LogP contribution is -2.40. The van der Waals surface area contributed by atoms with Gasteiger partial charge < -0.3 is 15.3 Å². The average molecular weight is 309 g/mol. The molecule has 0 saturated carbocycles. The molecule has 0 bridgehead atoms. The molecule has 0 saturated heterocycles. The van der Waals surface area contributed by atoms with Gasteiger partial charge in [-0.1, -0.05) is 38.1 Å². The molecule has 3 N–H and O–H groups in total. The van der Waals surface area contributed by atoms with Crippen molar-refractivity contribution in [2.75, 3.05) is 7.11 Å². The lowest BCUT2D eigenvalue weighted by molar-refractivity contribution is -0.142. The average Bonchev–Trinajstić information content (AvgIpc) is 2.38. The largest absolute Gasteiger partial charge is 0.468 e. The maximum atomic E-state index is 11.3. The van der Waals surface area contributed by atoms with Crippen molar-refractivity contribution in [1.82, 2.24) is 0 Å². The highest BCUT2D eigenvalue weighted by Gasteiger charge is 2.37. The molecule has 21 heavy (non-hydrogen) atoms. The SMILES string of the molecule is COC(=O)C(N)Cc1ccc(CC(C)(C)[Si](C)(C)O)cc1. The second kappa shape index (κ2) is 6.73. The number of hydrogen-bond acceptors (Lipinski definition) is 4. The van der Waals surface area contributed by atoms with Gasteiger partial charge in [0, 0.05) is 0 Å². The van der Waals surface area contributed by atoms with Crippen molar-refractivity contribution in [3.05, 3.63) is 35.4 Å². The van der Waals surface area contributed by atoms with Crippen molar-refractivity contribution in [3.63, 3.8) is 0 Å². The topological polar surface area (TPSA) is 72.5 Å². The van der Waals surface area contributed by atoms with Crippen molar-refractivity contribution in [2.24, 2.45) is 5.73 Å². The summed E-state index contributed by atoms with van der Waals surface area (Å²) in [6.07, 6.45) is 1.31. The minimum atomic E-state index is -2.21. The fraction of sp³-hybridized carbons (Fsp3) is 0.562. The monoisotopic (exact) mass is 309 g/mol. The fourth-order valence-corrected chi connectivity index (χ4v) is 2.65. The lowest BCUT2D eigenvalue weighted by Gasteiger charge is -2.35. The molecule has 0 aliphatic heterocycles. The highest BCUT2D eigenvalue weighted by atomic mass is 28.4. The zero-order chi connectivity index (χ0) is 16.3. The second-order valence-corrected chi connectivity index (χ2v) is 11.2. The molecule has 0 heterocycles. The molecule has 1 aromatic carbocycles. The summed E-state index contributed by atoms with van der Waals surface area (Å²) in [5.74, 6) is -0.395. The number of ether oxygens (including phenoxy) is 1. The smallest absolute Gasteiger partial charge is 0.322 e. The number of carbonyl (C=O) groups is 1. The van der Waals surface area contributed by atoms with Crippen LogP contribution in [-0.4, -0.2) is 32.2 Å². The first kappa shape index (κ1) is 17.9. The highest BCUT2D eigenvalue weighted by Crippen LogP contribution is 2.38. The molecular weight excluding hydrogens is 282 g/mol. The van der Waals surface area contributed by atoms with Gasteiger partial charge in [-0.3, -0.25) is 4.79 Å². The van der Waals surface area contributed by atoms with E-state index in [0.29, 0.717) is 6.42 Å². The molecule has 1 atom stereocenters. The van der Waals surface area contributed by atoms with Crippen molar-refractivity contribution < 1.29 is 14.3 Å². The van der Waals surface area contributed by atoms with E-state index in [1.165, 1.54) is 12.7 Å².